The van der Waals surface area contributed by atoms with E-state index < -0.39 is 41.4 Å². The van der Waals surface area contributed by atoms with Crippen molar-refractivity contribution in [1.29, 1.82) is 0 Å². The average molecular weight is 721 g/mol. The third kappa shape index (κ3) is 19.5. The number of ether oxygens (including phenoxy) is 3. The molecule has 2 atom stereocenters. The van der Waals surface area contributed by atoms with Crippen LogP contribution in [0.1, 0.15) is 86.6 Å². The molecular weight excluding hydrogens is 660 g/mol. The molecule has 0 fully saturated rings. The van der Waals surface area contributed by atoms with Crippen molar-refractivity contribution in [2.45, 2.75) is 99.8 Å². The Labute approximate surface area is 302 Å². The molecule has 6 amide bonds. The van der Waals surface area contributed by atoms with Gasteiger partial charge >= 0.3 is 18.1 Å². The molecule has 0 saturated heterocycles. The lowest BCUT2D eigenvalue weighted by molar-refractivity contribution is -0.153. The van der Waals surface area contributed by atoms with Gasteiger partial charge in [-0.1, -0.05) is 46.8 Å². The van der Waals surface area contributed by atoms with E-state index in [9.17, 15) is 28.8 Å². The SMILES string of the molecule is CC(C)[C@H](NC(=O)CCOCCC(C)(C)C)C(=O)N[C@@H](CCCNC(N)=O)C(=O)Nc1ccc(COC(=O)N(C)CCOC(=O)C(C)(C)C)cc1. The van der Waals surface area contributed by atoms with Gasteiger partial charge in [0.25, 0.3) is 0 Å². The molecule has 288 valence electrons. The topological polar surface area (TPSA) is 207 Å². The molecule has 0 bridgehead atoms. The summed E-state index contributed by atoms with van der Waals surface area (Å²) in [5.41, 5.74) is 5.73. The number of likely N-dealkylation sites (N-methyl/N-ethyl adjacent to an activating group) is 1. The number of anilines is 1. The number of nitrogens with zero attached hydrogens (tertiary/aromatic N) is 1. The van der Waals surface area contributed by atoms with Crippen molar-refractivity contribution in [2.75, 3.05) is 45.3 Å². The summed E-state index contributed by atoms with van der Waals surface area (Å²) in [5, 5.41) is 10.8. The summed E-state index contributed by atoms with van der Waals surface area (Å²) >= 11 is 0. The second-order valence-electron chi connectivity index (χ2n) is 15.0. The van der Waals surface area contributed by atoms with Crippen molar-refractivity contribution < 1.29 is 43.0 Å². The third-order valence-corrected chi connectivity index (χ3v) is 7.50. The van der Waals surface area contributed by atoms with Crippen LogP contribution in [0.4, 0.5) is 15.3 Å². The summed E-state index contributed by atoms with van der Waals surface area (Å²) in [4.78, 5) is 76.1. The van der Waals surface area contributed by atoms with Crippen LogP contribution in [0.25, 0.3) is 0 Å². The summed E-state index contributed by atoms with van der Waals surface area (Å²) < 4.78 is 16.1. The highest BCUT2D eigenvalue weighted by Gasteiger charge is 2.29. The van der Waals surface area contributed by atoms with Gasteiger partial charge in [0.15, 0.2) is 0 Å². The van der Waals surface area contributed by atoms with Crippen LogP contribution >= 0.6 is 0 Å². The fraction of sp³-hybridized carbons (Fsp3) is 0.667. The van der Waals surface area contributed by atoms with E-state index in [4.69, 9.17) is 19.9 Å². The fourth-order valence-electron chi connectivity index (χ4n) is 4.23. The maximum atomic E-state index is 13.4. The van der Waals surface area contributed by atoms with Gasteiger partial charge in [-0.25, -0.2) is 9.59 Å². The zero-order valence-electron chi connectivity index (χ0n) is 31.8. The van der Waals surface area contributed by atoms with Gasteiger partial charge in [0, 0.05) is 32.3 Å². The monoisotopic (exact) mass is 720 g/mol. The van der Waals surface area contributed by atoms with E-state index in [0.717, 1.165) is 6.42 Å². The number of carbonyl (C=O) groups excluding carboxylic acids is 6. The number of amides is 6. The number of primary amides is 1. The maximum absolute atomic E-state index is 13.4. The number of nitrogens with two attached hydrogens (primary N) is 1. The van der Waals surface area contributed by atoms with E-state index in [1.165, 1.54) is 11.9 Å². The van der Waals surface area contributed by atoms with Crippen LogP contribution in [0.3, 0.4) is 0 Å². The standard InChI is InChI=1S/C36H60N6O9/c1-24(2)29(41-28(43)16-20-49-21-17-35(3,4)5)31(45)40-27(11-10-18-38-33(37)47)30(44)39-26-14-12-25(13-15-26)23-51-34(48)42(9)19-22-50-32(46)36(6,7)8/h12-15,24,27,29H,10-11,16-23H2,1-9H3,(H,39,44)(H,40,45)(H,41,43)(H3,37,38,47)/t27-,29-/m0/s1. The van der Waals surface area contributed by atoms with Crippen LogP contribution in [0.15, 0.2) is 24.3 Å². The smallest absolute Gasteiger partial charge is 0.409 e. The largest absolute Gasteiger partial charge is 0.463 e. The van der Waals surface area contributed by atoms with Crippen molar-refractivity contribution in [3.05, 3.63) is 29.8 Å². The summed E-state index contributed by atoms with van der Waals surface area (Å²) in [7, 11) is 1.54. The van der Waals surface area contributed by atoms with Crippen molar-refractivity contribution in [1.82, 2.24) is 20.9 Å². The molecule has 0 aromatic heterocycles. The Kier molecular flexibility index (Phi) is 19.0. The first kappa shape index (κ1) is 44.6. The third-order valence-electron chi connectivity index (χ3n) is 7.50. The zero-order valence-corrected chi connectivity index (χ0v) is 31.8. The molecule has 0 aliphatic heterocycles. The molecular formula is C36H60N6O9. The molecule has 0 unspecified atom stereocenters. The first-order valence-corrected chi connectivity index (χ1v) is 17.3. The predicted molar refractivity (Wildman–Crippen MR) is 193 cm³/mol. The van der Waals surface area contributed by atoms with E-state index in [2.05, 4.69) is 42.0 Å². The van der Waals surface area contributed by atoms with Crippen molar-refractivity contribution >= 4 is 41.5 Å². The molecule has 0 heterocycles. The minimum atomic E-state index is -0.995. The van der Waals surface area contributed by atoms with Crippen molar-refractivity contribution in [2.24, 2.45) is 22.5 Å². The second-order valence-corrected chi connectivity index (χ2v) is 15.0. The number of urea groups is 1. The molecule has 15 nitrogen and oxygen atoms in total. The van der Waals surface area contributed by atoms with Gasteiger partial charge in [-0.2, -0.15) is 0 Å². The van der Waals surface area contributed by atoms with E-state index in [1.807, 2.05) is 0 Å². The number of carbonyl (C=O) groups is 6. The predicted octanol–water partition coefficient (Wildman–Crippen LogP) is 3.70. The molecule has 6 N–H and O–H groups in total. The molecule has 1 rings (SSSR count). The first-order valence-electron chi connectivity index (χ1n) is 17.3. The number of nitrogens with one attached hydrogen (secondary N) is 4. The zero-order chi connectivity index (χ0) is 38.8. The van der Waals surface area contributed by atoms with Gasteiger partial charge in [-0.3, -0.25) is 19.2 Å². The highest BCUT2D eigenvalue weighted by molar-refractivity contribution is 5.98. The number of benzene rings is 1. The molecule has 0 spiro atoms. The Morgan fingerprint density at radius 1 is 0.863 bits per heavy atom. The molecule has 0 aliphatic carbocycles. The highest BCUT2D eigenvalue weighted by Crippen LogP contribution is 2.18. The van der Waals surface area contributed by atoms with Crippen LogP contribution < -0.4 is 27.0 Å². The van der Waals surface area contributed by atoms with Crippen LogP contribution in [-0.4, -0.2) is 92.8 Å². The second kappa shape index (κ2) is 21.7. The van der Waals surface area contributed by atoms with Gasteiger partial charge in [-0.15, -0.1) is 0 Å². The molecule has 1 aromatic carbocycles. The minimum absolute atomic E-state index is 0.0317. The molecule has 51 heavy (non-hydrogen) atoms. The van der Waals surface area contributed by atoms with Crippen LogP contribution in [-0.2, 0) is 40.0 Å². The van der Waals surface area contributed by atoms with E-state index >= 15 is 0 Å². The van der Waals surface area contributed by atoms with Crippen molar-refractivity contribution in [3.8, 4) is 0 Å². The molecule has 1 aromatic rings. The molecule has 0 radical (unpaired) electrons. The van der Waals surface area contributed by atoms with Gasteiger partial charge in [0.2, 0.25) is 17.7 Å². The first-order chi connectivity index (χ1) is 23.7. The Hall–Kier alpha value is -4.40. The molecule has 0 aliphatic rings. The average Bonchev–Trinajstić information content (AvgIpc) is 3.02. The number of hydrogen-bond acceptors (Lipinski definition) is 9. The lowest BCUT2D eigenvalue weighted by Gasteiger charge is -2.25. The normalized spacial score (nSPS) is 12.7. The summed E-state index contributed by atoms with van der Waals surface area (Å²) in [6.45, 7) is 16.2. The Bertz CT molecular complexity index is 1290. The van der Waals surface area contributed by atoms with Crippen molar-refractivity contribution in [3.63, 3.8) is 0 Å². The number of hydrogen-bond donors (Lipinski definition) is 5. The Morgan fingerprint density at radius 2 is 1.51 bits per heavy atom. The number of rotatable bonds is 20. The summed E-state index contributed by atoms with van der Waals surface area (Å²) in [6.07, 6.45) is 0.855. The lowest BCUT2D eigenvalue weighted by Crippen LogP contribution is -2.54. The van der Waals surface area contributed by atoms with E-state index in [1.54, 1.807) is 58.9 Å². The minimum Gasteiger partial charge on any atom is -0.463 e. The van der Waals surface area contributed by atoms with Gasteiger partial charge in [0.1, 0.15) is 25.3 Å². The van der Waals surface area contributed by atoms with E-state index in [0.29, 0.717) is 24.3 Å². The van der Waals surface area contributed by atoms with Gasteiger partial charge in [0.05, 0.1) is 18.6 Å². The van der Waals surface area contributed by atoms with Crippen LogP contribution in [0, 0.1) is 16.7 Å². The Morgan fingerprint density at radius 3 is 2.08 bits per heavy atom. The van der Waals surface area contributed by atoms with Gasteiger partial charge in [-0.05, 0) is 69.1 Å². The van der Waals surface area contributed by atoms with Crippen LogP contribution in [0.2, 0.25) is 0 Å². The summed E-state index contributed by atoms with van der Waals surface area (Å²) in [6, 6.07) is 4.01. The highest BCUT2D eigenvalue weighted by atomic mass is 16.6. The quantitative estimate of drug-likeness (QED) is 0.0982. The van der Waals surface area contributed by atoms with Crippen LogP contribution in [0.5, 0.6) is 0 Å². The Balaban J connectivity index is 2.79. The lowest BCUT2D eigenvalue weighted by atomic mass is 9.93. The molecule has 15 heteroatoms. The maximum Gasteiger partial charge on any atom is 0.409 e. The fourth-order valence-corrected chi connectivity index (χ4v) is 4.23. The van der Waals surface area contributed by atoms with Gasteiger partial charge < -0.3 is 46.1 Å². The molecule has 0 saturated carbocycles. The summed E-state index contributed by atoms with van der Waals surface area (Å²) in [5.74, 6) is -2.01. The van der Waals surface area contributed by atoms with E-state index in [-0.39, 0.29) is 69.0 Å². The number of esters is 1.